The average molecular weight is 264 g/mol. The lowest BCUT2D eigenvalue weighted by molar-refractivity contribution is 0.146. The van der Waals surface area contributed by atoms with Gasteiger partial charge in [-0.3, -0.25) is 4.39 Å². The summed E-state index contributed by atoms with van der Waals surface area (Å²) in [6, 6.07) is 3.99. The Morgan fingerprint density at radius 2 is 1.72 bits per heavy atom. The van der Waals surface area contributed by atoms with Crippen molar-refractivity contribution in [2.75, 3.05) is 7.18 Å². The monoisotopic (exact) mass is 264 g/mol. The van der Waals surface area contributed by atoms with E-state index in [1.165, 1.54) is 12.1 Å². The van der Waals surface area contributed by atoms with E-state index in [1.54, 1.807) is 6.07 Å². The lowest BCUT2D eigenvalue weighted by atomic mass is 9.83. The standard InChI is InChI=1S/C13H17F3.CH3F/c1-4-13(2,3)8-9-5-6-10(12(15)16)11(14)7-9;1-2/h5-7,12H,4,8H2,1-3H3;1H3. The number of rotatable bonds is 4. The molecule has 0 atom stereocenters. The van der Waals surface area contributed by atoms with Gasteiger partial charge in [0.05, 0.1) is 12.7 Å². The zero-order valence-electron chi connectivity index (χ0n) is 11.2. The Kier molecular flexibility index (Phi) is 6.96. The van der Waals surface area contributed by atoms with Crippen LogP contribution in [0.25, 0.3) is 0 Å². The summed E-state index contributed by atoms with van der Waals surface area (Å²) in [7, 11) is 0.500. The first kappa shape index (κ1) is 16.9. The van der Waals surface area contributed by atoms with Crippen LogP contribution in [0, 0.1) is 11.2 Å². The Labute approximate surface area is 106 Å². The summed E-state index contributed by atoms with van der Waals surface area (Å²) in [5, 5.41) is 0. The fraction of sp³-hybridized carbons (Fsp3) is 0.571. The van der Waals surface area contributed by atoms with E-state index in [4.69, 9.17) is 0 Å². The zero-order chi connectivity index (χ0) is 14.3. The van der Waals surface area contributed by atoms with E-state index in [0.717, 1.165) is 12.0 Å². The fourth-order valence-corrected chi connectivity index (χ4v) is 1.54. The van der Waals surface area contributed by atoms with E-state index >= 15 is 0 Å². The Bertz CT molecular complexity index is 359. The molecule has 18 heavy (non-hydrogen) atoms. The molecule has 0 aliphatic heterocycles. The van der Waals surface area contributed by atoms with Gasteiger partial charge in [-0.1, -0.05) is 39.3 Å². The molecule has 4 heteroatoms. The van der Waals surface area contributed by atoms with Gasteiger partial charge in [0.25, 0.3) is 6.43 Å². The average Bonchev–Trinajstić information content (AvgIpc) is 2.30. The maximum absolute atomic E-state index is 13.3. The largest absolute Gasteiger partial charge is 0.266 e. The van der Waals surface area contributed by atoms with E-state index in [9.17, 15) is 17.6 Å². The highest BCUT2D eigenvalue weighted by Crippen LogP contribution is 2.28. The molecule has 1 aromatic rings. The summed E-state index contributed by atoms with van der Waals surface area (Å²) < 4.78 is 47.4. The summed E-state index contributed by atoms with van der Waals surface area (Å²) in [4.78, 5) is 0. The molecule has 0 aliphatic rings. The van der Waals surface area contributed by atoms with Crippen molar-refractivity contribution in [2.24, 2.45) is 5.41 Å². The lowest BCUT2D eigenvalue weighted by Gasteiger charge is -2.22. The van der Waals surface area contributed by atoms with Crippen molar-refractivity contribution in [1.29, 1.82) is 0 Å². The van der Waals surface area contributed by atoms with Crippen LogP contribution in [-0.4, -0.2) is 7.18 Å². The Balaban J connectivity index is 0.00000137. The fourth-order valence-electron chi connectivity index (χ4n) is 1.54. The molecule has 0 saturated heterocycles. The molecule has 0 radical (unpaired) electrons. The number of alkyl halides is 3. The van der Waals surface area contributed by atoms with E-state index in [1.807, 2.05) is 0 Å². The van der Waals surface area contributed by atoms with Crippen molar-refractivity contribution in [3.63, 3.8) is 0 Å². The molecule has 1 rings (SSSR count). The van der Waals surface area contributed by atoms with Crippen LogP contribution in [0.3, 0.4) is 0 Å². The number of halogens is 4. The quantitative estimate of drug-likeness (QED) is 0.645. The van der Waals surface area contributed by atoms with Gasteiger partial charge in [0.15, 0.2) is 0 Å². The van der Waals surface area contributed by atoms with Gasteiger partial charge in [-0.05, 0) is 23.5 Å². The van der Waals surface area contributed by atoms with Crippen LogP contribution in [0.5, 0.6) is 0 Å². The molecule has 0 nitrogen and oxygen atoms in total. The SMILES string of the molecule is CCC(C)(C)Cc1ccc(C(F)F)c(F)c1.CF. The molecular formula is C14H20F4. The first-order valence-electron chi connectivity index (χ1n) is 5.80. The summed E-state index contributed by atoms with van der Waals surface area (Å²) in [5.74, 6) is -0.806. The molecule has 0 bridgehead atoms. The molecule has 0 saturated carbocycles. The van der Waals surface area contributed by atoms with Crippen LogP contribution in [0.2, 0.25) is 0 Å². The van der Waals surface area contributed by atoms with Crippen LogP contribution >= 0.6 is 0 Å². The number of hydrogen-bond donors (Lipinski definition) is 0. The van der Waals surface area contributed by atoms with Gasteiger partial charge >= 0.3 is 0 Å². The van der Waals surface area contributed by atoms with Crippen LogP contribution < -0.4 is 0 Å². The van der Waals surface area contributed by atoms with E-state index < -0.39 is 17.8 Å². The van der Waals surface area contributed by atoms with Gasteiger partial charge in [-0.15, -0.1) is 0 Å². The zero-order valence-corrected chi connectivity index (χ0v) is 11.2. The highest BCUT2D eigenvalue weighted by molar-refractivity contribution is 5.26. The van der Waals surface area contributed by atoms with Gasteiger partial charge in [0.1, 0.15) is 5.82 Å². The predicted octanol–water partition coefficient (Wildman–Crippen LogP) is 5.33. The van der Waals surface area contributed by atoms with Gasteiger partial charge in [-0.2, -0.15) is 0 Å². The second-order valence-corrected chi connectivity index (χ2v) is 4.85. The van der Waals surface area contributed by atoms with Gasteiger partial charge < -0.3 is 0 Å². The van der Waals surface area contributed by atoms with Crippen molar-refractivity contribution in [3.8, 4) is 0 Å². The highest BCUT2D eigenvalue weighted by Gasteiger charge is 2.18. The summed E-state index contributed by atoms with van der Waals surface area (Å²) in [6.45, 7) is 6.21. The molecule has 0 aromatic heterocycles. The molecule has 0 aliphatic carbocycles. The Hall–Kier alpha value is -1.06. The molecule has 0 heterocycles. The number of hydrogen-bond acceptors (Lipinski definition) is 0. The first-order valence-corrected chi connectivity index (χ1v) is 5.80. The number of benzene rings is 1. The summed E-state index contributed by atoms with van der Waals surface area (Å²) in [6.07, 6.45) is -1.08. The van der Waals surface area contributed by atoms with Crippen molar-refractivity contribution in [1.82, 2.24) is 0 Å². The topological polar surface area (TPSA) is 0 Å². The van der Waals surface area contributed by atoms with Crippen LogP contribution in [0.15, 0.2) is 18.2 Å². The van der Waals surface area contributed by atoms with Crippen LogP contribution in [0.1, 0.15) is 44.7 Å². The molecule has 0 N–H and O–H groups in total. The normalized spacial score (nSPS) is 11.2. The van der Waals surface area contributed by atoms with E-state index in [-0.39, 0.29) is 5.41 Å². The van der Waals surface area contributed by atoms with Gasteiger partial charge in [-0.25, -0.2) is 13.2 Å². The maximum atomic E-state index is 13.3. The van der Waals surface area contributed by atoms with Crippen molar-refractivity contribution in [3.05, 3.63) is 35.1 Å². The molecule has 104 valence electrons. The molecule has 1 aromatic carbocycles. The molecule has 0 fully saturated rings. The lowest BCUT2D eigenvalue weighted by Crippen LogP contribution is -2.13. The molecular weight excluding hydrogens is 244 g/mol. The third-order valence-electron chi connectivity index (χ3n) is 2.94. The first-order chi connectivity index (χ1) is 8.35. The van der Waals surface area contributed by atoms with E-state index in [0.29, 0.717) is 13.6 Å². The highest BCUT2D eigenvalue weighted by atomic mass is 19.3. The van der Waals surface area contributed by atoms with Gasteiger partial charge in [0.2, 0.25) is 0 Å². The van der Waals surface area contributed by atoms with Crippen molar-refractivity contribution < 1.29 is 17.6 Å². The maximum Gasteiger partial charge on any atom is 0.266 e. The Morgan fingerprint density at radius 1 is 1.17 bits per heavy atom. The summed E-state index contributed by atoms with van der Waals surface area (Å²) in [5.41, 5.74) is 0.325. The minimum Gasteiger partial charge on any atom is -0.255 e. The molecule has 0 spiro atoms. The predicted molar refractivity (Wildman–Crippen MR) is 66.2 cm³/mol. The Morgan fingerprint density at radius 3 is 2.11 bits per heavy atom. The van der Waals surface area contributed by atoms with Crippen LogP contribution in [0.4, 0.5) is 17.6 Å². The summed E-state index contributed by atoms with van der Waals surface area (Å²) >= 11 is 0. The van der Waals surface area contributed by atoms with Crippen molar-refractivity contribution in [2.45, 2.75) is 40.0 Å². The molecule has 0 amide bonds. The third kappa shape index (κ3) is 5.07. The minimum atomic E-state index is -2.74. The smallest absolute Gasteiger partial charge is 0.255 e. The van der Waals surface area contributed by atoms with Crippen molar-refractivity contribution >= 4 is 0 Å². The second kappa shape index (κ2) is 7.39. The van der Waals surface area contributed by atoms with E-state index in [2.05, 4.69) is 20.8 Å². The minimum absolute atomic E-state index is 0.0682. The third-order valence-corrected chi connectivity index (χ3v) is 2.94. The molecule has 0 unspecified atom stereocenters. The van der Waals surface area contributed by atoms with Gasteiger partial charge in [0, 0.05) is 0 Å². The van der Waals surface area contributed by atoms with Crippen LogP contribution in [-0.2, 0) is 6.42 Å². The second-order valence-electron chi connectivity index (χ2n) is 4.85.